The molecule has 0 aromatic carbocycles. The van der Waals surface area contributed by atoms with Gasteiger partial charge in [-0.15, -0.1) is 0 Å². The number of carbonyl (C=O) groups is 2. The minimum Gasteiger partial charge on any atom is -0.511 e. The predicted molar refractivity (Wildman–Crippen MR) is 82.5 cm³/mol. The first-order valence-corrected chi connectivity index (χ1v) is 7.53. The molecule has 0 saturated heterocycles. The maximum Gasteiger partial charge on any atom is 0.316 e. The van der Waals surface area contributed by atoms with Crippen LogP contribution in [0.2, 0.25) is 0 Å². The van der Waals surface area contributed by atoms with Crippen LogP contribution < -0.4 is 0 Å². The molecule has 0 aromatic rings. The van der Waals surface area contributed by atoms with E-state index in [0.29, 0.717) is 18.7 Å². The van der Waals surface area contributed by atoms with Gasteiger partial charge in [-0.1, -0.05) is 32.3 Å². The highest BCUT2D eigenvalue weighted by Gasteiger charge is 2.47. The van der Waals surface area contributed by atoms with Crippen LogP contribution in [0.25, 0.3) is 0 Å². The molecular formula is C16H25NO5. The summed E-state index contributed by atoms with van der Waals surface area (Å²) in [6.07, 6.45) is 1.36. The number of rotatable bonds is 6. The summed E-state index contributed by atoms with van der Waals surface area (Å²) in [5, 5.41) is 14.5. The Morgan fingerprint density at radius 1 is 1.41 bits per heavy atom. The number of hydrogen-bond acceptors (Lipinski definition) is 6. The van der Waals surface area contributed by atoms with Crippen LogP contribution in [-0.4, -0.2) is 36.3 Å². The van der Waals surface area contributed by atoms with Crippen LogP contribution >= 0.6 is 0 Å². The molecule has 1 unspecified atom stereocenters. The van der Waals surface area contributed by atoms with Gasteiger partial charge in [-0.2, -0.15) is 0 Å². The van der Waals surface area contributed by atoms with E-state index in [-0.39, 0.29) is 23.5 Å². The van der Waals surface area contributed by atoms with E-state index < -0.39 is 17.3 Å². The highest BCUT2D eigenvalue weighted by Crippen LogP contribution is 2.42. The summed E-state index contributed by atoms with van der Waals surface area (Å²) in [6.45, 7) is 7.61. The number of aliphatic hydroxyl groups is 1. The number of hydrogen-bond donors (Lipinski definition) is 1. The number of aliphatic hydroxyl groups excluding tert-OH is 1. The van der Waals surface area contributed by atoms with E-state index in [1.165, 1.54) is 7.11 Å². The summed E-state index contributed by atoms with van der Waals surface area (Å²) in [5.74, 6) is -1.93. The molecule has 0 fully saturated rings. The lowest BCUT2D eigenvalue weighted by Gasteiger charge is -2.36. The van der Waals surface area contributed by atoms with E-state index in [0.717, 1.165) is 6.42 Å². The Labute approximate surface area is 131 Å². The second-order valence-corrected chi connectivity index (χ2v) is 6.01. The number of oxime groups is 1. The van der Waals surface area contributed by atoms with Crippen LogP contribution in [0, 0.1) is 11.3 Å². The second kappa shape index (κ2) is 7.42. The predicted octanol–water partition coefficient (Wildman–Crippen LogP) is 2.78. The molecule has 0 amide bonds. The molecule has 0 spiro atoms. The van der Waals surface area contributed by atoms with Crippen molar-refractivity contribution < 1.29 is 24.3 Å². The zero-order valence-corrected chi connectivity index (χ0v) is 13.9. The van der Waals surface area contributed by atoms with Crippen LogP contribution in [0.1, 0.15) is 47.0 Å². The first-order valence-electron chi connectivity index (χ1n) is 7.53. The molecule has 0 radical (unpaired) electrons. The monoisotopic (exact) mass is 311 g/mol. The van der Waals surface area contributed by atoms with E-state index in [1.54, 1.807) is 20.8 Å². The third-order valence-corrected chi connectivity index (χ3v) is 3.72. The first kappa shape index (κ1) is 18.2. The molecule has 1 aliphatic rings. The highest BCUT2D eigenvalue weighted by molar-refractivity contribution is 6.23. The molecule has 0 aliphatic heterocycles. The van der Waals surface area contributed by atoms with Gasteiger partial charge in [0.2, 0.25) is 0 Å². The Balaban J connectivity index is 3.40. The summed E-state index contributed by atoms with van der Waals surface area (Å²) in [5.41, 5.74) is -0.220. The molecule has 1 N–H and O–H groups in total. The summed E-state index contributed by atoms with van der Waals surface area (Å²) in [6, 6.07) is 0. The first-order chi connectivity index (χ1) is 10.3. The largest absolute Gasteiger partial charge is 0.511 e. The fraction of sp³-hybridized carbons (Fsp3) is 0.688. The van der Waals surface area contributed by atoms with E-state index in [1.807, 2.05) is 6.92 Å². The summed E-state index contributed by atoms with van der Waals surface area (Å²) in [7, 11) is 1.27. The van der Waals surface area contributed by atoms with Crippen molar-refractivity contribution in [3.05, 3.63) is 11.3 Å². The topological polar surface area (TPSA) is 85.2 Å². The number of esters is 1. The Morgan fingerprint density at radius 2 is 2.05 bits per heavy atom. The summed E-state index contributed by atoms with van der Waals surface area (Å²) in [4.78, 5) is 29.5. The van der Waals surface area contributed by atoms with Gasteiger partial charge in [-0.3, -0.25) is 9.59 Å². The number of allylic oxidation sites excluding steroid dienone is 1. The van der Waals surface area contributed by atoms with E-state index in [9.17, 15) is 14.7 Å². The van der Waals surface area contributed by atoms with Gasteiger partial charge < -0.3 is 14.7 Å². The van der Waals surface area contributed by atoms with Gasteiger partial charge in [0.15, 0.2) is 5.78 Å². The van der Waals surface area contributed by atoms with E-state index in [4.69, 9.17) is 9.57 Å². The maximum atomic E-state index is 12.4. The minimum atomic E-state index is -0.881. The molecular weight excluding hydrogens is 286 g/mol. The molecule has 22 heavy (non-hydrogen) atoms. The van der Waals surface area contributed by atoms with Gasteiger partial charge in [-0.05, 0) is 18.8 Å². The van der Waals surface area contributed by atoms with E-state index >= 15 is 0 Å². The van der Waals surface area contributed by atoms with Crippen molar-refractivity contribution in [3.63, 3.8) is 0 Å². The number of ether oxygens (including phenoxy) is 1. The summed E-state index contributed by atoms with van der Waals surface area (Å²) < 4.78 is 4.78. The van der Waals surface area contributed by atoms with Crippen molar-refractivity contribution in [1.82, 2.24) is 0 Å². The molecule has 0 heterocycles. The lowest BCUT2D eigenvalue weighted by atomic mass is 9.67. The molecule has 6 nitrogen and oxygen atoms in total. The quantitative estimate of drug-likeness (QED) is 0.463. The van der Waals surface area contributed by atoms with Crippen molar-refractivity contribution in [2.75, 3.05) is 13.7 Å². The fourth-order valence-corrected chi connectivity index (χ4v) is 2.71. The van der Waals surface area contributed by atoms with Gasteiger partial charge in [0.05, 0.1) is 18.4 Å². The molecule has 124 valence electrons. The summed E-state index contributed by atoms with van der Waals surface area (Å²) >= 11 is 0. The normalized spacial score (nSPS) is 21.8. The van der Waals surface area contributed by atoms with Crippen molar-refractivity contribution in [3.8, 4) is 0 Å². The SMILES string of the molecule is CCCC(=NOCC)C1=C(O)C(C(=O)OC)C(C)(C)CC1=O. The average Bonchev–Trinajstić information content (AvgIpc) is 2.42. The molecule has 1 rings (SSSR count). The van der Waals surface area contributed by atoms with Crippen LogP contribution in [0.3, 0.4) is 0 Å². The number of ketones is 1. The smallest absolute Gasteiger partial charge is 0.316 e. The molecule has 1 atom stereocenters. The van der Waals surface area contributed by atoms with Gasteiger partial charge in [-0.25, -0.2) is 0 Å². The lowest BCUT2D eigenvalue weighted by Crippen LogP contribution is -2.41. The van der Waals surface area contributed by atoms with Crippen LogP contribution in [-0.2, 0) is 19.2 Å². The third-order valence-electron chi connectivity index (χ3n) is 3.72. The minimum absolute atomic E-state index is 0.102. The second-order valence-electron chi connectivity index (χ2n) is 6.01. The van der Waals surface area contributed by atoms with Crippen LogP contribution in [0.5, 0.6) is 0 Å². The van der Waals surface area contributed by atoms with Gasteiger partial charge >= 0.3 is 5.97 Å². The molecule has 0 saturated carbocycles. The molecule has 1 aliphatic carbocycles. The van der Waals surface area contributed by atoms with Gasteiger partial charge in [0, 0.05) is 6.42 Å². The number of methoxy groups -OCH3 is 1. The lowest BCUT2D eigenvalue weighted by molar-refractivity contribution is -0.150. The Kier molecular flexibility index (Phi) is 6.14. The Hall–Kier alpha value is -1.85. The van der Waals surface area contributed by atoms with Gasteiger partial charge in [0.1, 0.15) is 18.3 Å². The van der Waals surface area contributed by atoms with Crippen LogP contribution in [0.15, 0.2) is 16.5 Å². The van der Waals surface area contributed by atoms with Crippen molar-refractivity contribution in [1.29, 1.82) is 0 Å². The highest BCUT2D eigenvalue weighted by atomic mass is 16.6. The standard InChI is InChI=1S/C16H25NO5/c1-6-8-10(17-22-7-2)12-11(18)9-16(3,4)13(14(12)19)15(20)21-5/h13,19H,6-9H2,1-5H3. The Morgan fingerprint density at radius 3 is 2.55 bits per heavy atom. The number of nitrogens with zero attached hydrogens (tertiary/aromatic N) is 1. The van der Waals surface area contributed by atoms with Crippen molar-refractivity contribution >= 4 is 17.5 Å². The maximum absolute atomic E-state index is 12.4. The fourth-order valence-electron chi connectivity index (χ4n) is 2.71. The Bertz CT molecular complexity index is 505. The van der Waals surface area contributed by atoms with Crippen molar-refractivity contribution in [2.24, 2.45) is 16.5 Å². The number of Topliss-reactive ketones (excluding diaryl/α,β-unsaturated/α-hetero) is 1. The molecule has 0 aromatic heterocycles. The van der Waals surface area contributed by atoms with E-state index in [2.05, 4.69) is 5.16 Å². The third kappa shape index (κ3) is 3.67. The zero-order valence-electron chi connectivity index (χ0n) is 13.9. The average molecular weight is 311 g/mol. The molecule has 6 heteroatoms. The zero-order chi connectivity index (χ0) is 16.9. The number of carbonyl (C=O) groups excluding carboxylic acids is 2. The van der Waals surface area contributed by atoms with Crippen LogP contribution in [0.4, 0.5) is 0 Å². The van der Waals surface area contributed by atoms with Gasteiger partial charge in [0.25, 0.3) is 0 Å². The molecule has 0 bridgehead atoms. The van der Waals surface area contributed by atoms with Crippen molar-refractivity contribution in [2.45, 2.75) is 47.0 Å².